The molecule has 6 nitrogen and oxygen atoms in total. The zero-order valence-corrected chi connectivity index (χ0v) is 10.9. The van der Waals surface area contributed by atoms with Crippen molar-refractivity contribution in [3.63, 3.8) is 0 Å². The molecule has 8 heteroatoms. The van der Waals surface area contributed by atoms with Crippen molar-refractivity contribution in [2.75, 3.05) is 0 Å². The Kier molecular flexibility index (Phi) is 3.77. The van der Waals surface area contributed by atoms with Gasteiger partial charge in [-0.2, -0.15) is 0 Å². The zero-order chi connectivity index (χ0) is 15.1. The predicted molar refractivity (Wildman–Crippen MR) is 59.9 cm³/mol. The lowest BCUT2D eigenvalue weighted by Gasteiger charge is -2.48. The van der Waals surface area contributed by atoms with Crippen molar-refractivity contribution in [1.82, 2.24) is 5.32 Å². The summed E-state index contributed by atoms with van der Waals surface area (Å²) in [7, 11) is 0. The molecule has 0 saturated heterocycles. The molecule has 0 aromatic heterocycles. The van der Waals surface area contributed by atoms with E-state index >= 15 is 0 Å². The molecule has 19 heavy (non-hydrogen) atoms. The first kappa shape index (κ1) is 15.6. The lowest BCUT2D eigenvalue weighted by molar-refractivity contribution is -0.183. The molecule has 1 rings (SSSR count). The summed E-state index contributed by atoms with van der Waals surface area (Å²) in [5.41, 5.74) is -2.75. The Hall–Kier alpha value is -1.44. The van der Waals surface area contributed by atoms with Crippen molar-refractivity contribution in [2.45, 2.75) is 56.8 Å². The fraction of sp³-hybridized carbons (Fsp3) is 0.818. The molecule has 0 aliphatic heterocycles. The minimum Gasteiger partial charge on any atom is -0.479 e. The average Bonchev–Trinajstić information content (AvgIpc) is 2.09. The van der Waals surface area contributed by atoms with Gasteiger partial charge in [0.2, 0.25) is 0 Å². The van der Waals surface area contributed by atoms with E-state index in [4.69, 9.17) is 9.84 Å². The van der Waals surface area contributed by atoms with Crippen molar-refractivity contribution in [3.8, 4) is 0 Å². The molecule has 0 spiro atoms. The molecule has 0 heterocycles. The molecule has 1 unspecified atom stereocenters. The van der Waals surface area contributed by atoms with Gasteiger partial charge in [0.1, 0.15) is 5.60 Å². The number of carbonyl (C=O) groups is 2. The second-order valence-electron chi connectivity index (χ2n) is 5.73. The molecule has 0 radical (unpaired) electrons. The van der Waals surface area contributed by atoms with Crippen LogP contribution in [0.4, 0.5) is 13.6 Å². The second kappa shape index (κ2) is 4.59. The number of aliphatic hydroxyl groups is 1. The van der Waals surface area contributed by atoms with Crippen molar-refractivity contribution >= 4 is 12.1 Å². The number of amides is 1. The summed E-state index contributed by atoms with van der Waals surface area (Å²) in [4.78, 5) is 22.3. The average molecular weight is 281 g/mol. The van der Waals surface area contributed by atoms with Gasteiger partial charge in [-0.15, -0.1) is 0 Å². The maximum atomic E-state index is 12.9. The molecule has 3 N–H and O–H groups in total. The van der Waals surface area contributed by atoms with Crippen molar-refractivity contribution < 1.29 is 33.3 Å². The number of carboxylic acids is 1. The zero-order valence-electron chi connectivity index (χ0n) is 10.9. The number of nitrogens with one attached hydrogen (secondary N) is 1. The normalized spacial score (nSPS) is 22.0. The number of carbonyl (C=O) groups excluding carboxylic acids is 1. The summed E-state index contributed by atoms with van der Waals surface area (Å²) in [6.45, 7) is 4.72. The minimum atomic E-state index is -3.11. The van der Waals surface area contributed by atoms with E-state index in [2.05, 4.69) is 5.32 Å². The molecule has 1 fully saturated rings. The third kappa shape index (κ3) is 3.76. The number of alkyl halides is 2. The molecular formula is C11H17F2NO5. The fourth-order valence-electron chi connectivity index (χ4n) is 1.96. The number of aliphatic hydroxyl groups excluding tert-OH is 1. The van der Waals surface area contributed by atoms with Crippen LogP contribution in [0.15, 0.2) is 0 Å². The van der Waals surface area contributed by atoms with Crippen LogP contribution in [0.2, 0.25) is 0 Å². The van der Waals surface area contributed by atoms with Gasteiger partial charge in [-0.1, -0.05) is 0 Å². The van der Waals surface area contributed by atoms with E-state index in [1.807, 2.05) is 0 Å². The van der Waals surface area contributed by atoms with Crippen LogP contribution in [-0.2, 0) is 9.53 Å². The second-order valence-corrected chi connectivity index (χ2v) is 5.73. The largest absolute Gasteiger partial charge is 0.479 e. The minimum absolute atomic E-state index is 0.855. The van der Waals surface area contributed by atoms with E-state index in [1.54, 1.807) is 20.8 Å². The highest BCUT2D eigenvalue weighted by molar-refractivity contribution is 5.77. The highest BCUT2D eigenvalue weighted by atomic mass is 19.3. The first-order valence-electron chi connectivity index (χ1n) is 5.67. The van der Waals surface area contributed by atoms with Crippen molar-refractivity contribution in [1.29, 1.82) is 0 Å². The number of alkyl carbamates (subject to hydrolysis) is 1. The Bertz CT molecular complexity index is 383. The summed E-state index contributed by atoms with van der Waals surface area (Å²) in [5.74, 6) is -4.78. The van der Waals surface area contributed by atoms with Crippen molar-refractivity contribution in [3.05, 3.63) is 0 Å². The van der Waals surface area contributed by atoms with E-state index in [1.165, 1.54) is 0 Å². The Morgan fingerprint density at radius 1 is 1.32 bits per heavy atom. The first-order valence-corrected chi connectivity index (χ1v) is 5.67. The van der Waals surface area contributed by atoms with Crippen LogP contribution in [0.25, 0.3) is 0 Å². The standard InChI is InChI=1S/C11H17F2NO5/c1-9(2,3)19-8(18)14-10(6(15)7(16)17)4-11(12,13)5-10/h6,15H,4-5H2,1-3H3,(H,14,18)(H,16,17). The molecule has 1 amide bonds. The Morgan fingerprint density at radius 3 is 2.11 bits per heavy atom. The fourth-order valence-corrected chi connectivity index (χ4v) is 1.96. The molecule has 0 aromatic carbocycles. The first-order chi connectivity index (χ1) is 8.37. The van der Waals surface area contributed by atoms with Gasteiger partial charge in [0, 0.05) is 12.8 Å². The highest BCUT2D eigenvalue weighted by Crippen LogP contribution is 2.47. The molecule has 1 saturated carbocycles. The number of hydrogen-bond donors (Lipinski definition) is 3. The maximum Gasteiger partial charge on any atom is 0.408 e. The van der Waals surface area contributed by atoms with Crippen LogP contribution in [0.1, 0.15) is 33.6 Å². The van der Waals surface area contributed by atoms with Gasteiger partial charge >= 0.3 is 12.1 Å². The smallest absolute Gasteiger partial charge is 0.408 e. The number of rotatable bonds is 3. The van der Waals surface area contributed by atoms with Gasteiger partial charge in [-0.05, 0) is 20.8 Å². The predicted octanol–water partition coefficient (Wildman–Crippen LogP) is 1.12. The van der Waals surface area contributed by atoms with Crippen LogP contribution in [-0.4, -0.2) is 45.4 Å². The number of ether oxygens (including phenoxy) is 1. The summed E-state index contributed by atoms with van der Waals surface area (Å²) >= 11 is 0. The molecule has 1 aliphatic rings. The van der Waals surface area contributed by atoms with Crippen LogP contribution in [0, 0.1) is 0 Å². The van der Waals surface area contributed by atoms with Gasteiger partial charge in [-0.25, -0.2) is 18.4 Å². The topological polar surface area (TPSA) is 95.9 Å². The van der Waals surface area contributed by atoms with Crippen LogP contribution < -0.4 is 5.32 Å². The van der Waals surface area contributed by atoms with E-state index in [0.717, 1.165) is 0 Å². The highest BCUT2D eigenvalue weighted by Gasteiger charge is 2.63. The quantitative estimate of drug-likeness (QED) is 0.720. The Morgan fingerprint density at radius 2 is 1.79 bits per heavy atom. The third-order valence-electron chi connectivity index (χ3n) is 2.66. The molecular weight excluding hydrogens is 264 g/mol. The van der Waals surface area contributed by atoms with E-state index < -0.39 is 48.1 Å². The SMILES string of the molecule is CC(C)(C)OC(=O)NC1(C(O)C(=O)O)CC(F)(F)C1. The summed E-state index contributed by atoms with van der Waals surface area (Å²) in [6, 6.07) is 0. The molecule has 1 aliphatic carbocycles. The number of carboxylic acid groups (broad SMARTS) is 1. The van der Waals surface area contributed by atoms with Crippen LogP contribution >= 0.6 is 0 Å². The number of hydrogen-bond acceptors (Lipinski definition) is 4. The summed E-state index contributed by atoms with van der Waals surface area (Å²) in [6.07, 6.45) is -5.03. The lowest BCUT2D eigenvalue weighted by atomic mass is 9.69. The van der Waals surface area contributed by atoms with E-state index in [9.17, 15) is 23.5 Å². The lowest BCUT2D eigenvalue weighted by Crippen LogP contribution is -2.70. The van der Waals surface area contributed by atoms with Gasteiger partial charge in [0.05, 0.1) is 5.54 Å². The van der Waals surface area contributed by atoms with Crippen LogP contribution in [0.5, 0.6) is 0 Å². The molecule has 110 valence electrons. The van der Waals surface area contributed by atoms with E-state index in [-0.39, 0.29) is 0 Å². The van der Waals surface area contributed by atoms with Crippen molar-refractivity contribution in [2.24, 2.45) is 0 Å². The Balaban J connectivity index is 2.78. The third-order valence-corrected chi connectivity index (χ3v) is 2.66. The van der Waals surface area contributed by atoms with Gasteiger partial charge < -0.3 is 20.3 Å². The maximum absolute atomic E-state index is 12.9. The van der Waals surface area contributed by atoms with Crippen LogP contribution in [0.3, 0.4) is 0 Å². The summed E-state index contributed by atoms with van der Waals surface area (Å²) in [5, 5.41) is 20.2. The molecule has 1 atom stereocenters. The molecule has 0 bridgehead atoms. The van der Waals surface area contributed by atoms with E-state index in [0.29, 0.717) is 0 Å². The summed E-state index contributed by atoms with van der Waals surface area (Å²) < 4.78 is 30.8. The van der Waals surface area contributed by atoms with Gasteiger partial charge in [0.15, 0.2) is 6.10 Å². The number of aliphatic carboxylic acids is 1. The number of halogens is 2. The van der Waals surface area contributed by atoms with Gasteiger partial charge in [0.25, 0.3) is 5.92 Å². The monoisotopic (exact) mass is 281 g/mol. The van der Waals surface area contributed by atoms with Gasteiger partial charge in [-0.3, -0.25) is 0 Å². The molecule has 0 aromatic rings. The Labute approximate surface area is 108 Å².